The summed E-state index contributed by atoms with van der Waals surface area (Å²) < 4.78 is 69.1. The summed E-state index contributed by atoms with van der Waals surface area (Å²) in [6.45, 7) is 21.1. The van der Waals surface area contributed by atoms with Gasteiger partial charge in [0, 0.05) is 87.6 Å². The Hall–Kier alpha value is -7.74. The number of hydrogen-bond acceptors (Lipinski definition) is 23. The van der Waals surface area contributed by atoms with E-state index in [4.69, 9.17) is 33.8 Å². The summed E-state index contributed by atoms with van der Waals surface area (Å²) in [6.07, 6.45) is 16.7. The van der Waals surface area contributed by atoms with E-state index in [1.165, 1.54) is 6.92 Å². The number of fused-ring (bicyclic) bond motifs is 2. The van der Waals surface area contributed by atoms with Crippen molar-refractivity contribution >= 4 is 94.8 Å². The molecule has 28 nitrogen and oxygen atoms in total. The summed E-state index contributed by atoms with van der Waals surface area (Å²) in [5.41, 5.74) is 3.82. The monoisotopic (exact) mass is 1290 g/mol. The normalized spacial score (nSPS) is 15.7. The largest absolute Gasteiger partial charge is 0.493 e. The highest BCUT2D eigenvalue weighted by Crippen LogP contribution is 2.34. The zero-order chi connectivity index (χ0) is 65.3. The lowest BCUT2D eigenvalue weighted by molar-refractivity contribution is 0.0240. The van der Waals surface area contributed by atoms with Gasteiger partial charge in [0.2, 0.25) is 11.9 Å². The van der Waals surface area contributed by atoms with Crippen LogP contribution in [0.2, 0.25) is 0 Å². The molecule has 0 radical (unpaired) electrons. The highest BCUT2D eigenvalue weighted by molar-refractivity contribution is 7.86. The fourth-order valence-corrected chi connectivity index (χ4v) is 11.2. The van der Waals surface area contributed by atoms with E-state index in [-0.39, 0.29) is 40.6 Å². The van der Waals surface area contributed by atoms with E-state index in [1.54, 1.807) is 27.9 Å². The SMILES string of the molecule is C=C(OCCCC)c1c(C)c2cnc(Nc3ccc(N4CCN(C(=O)OC(C)(C)C)CC4)cn3)nc2n(C2CCCC2)c1=O.CC(=O)c1cc2cnc(Nc3ccc(N4CCNCC4)cn3)nc2n(C2CCCC2)c1=O.O=S(=O)(O)CCO.O=S(=O)(O)CCO. The van der Waals surface area contributed by atoms with Crippen LogP contribution in [0.15, 0.2) is 71.3 Å². The number of hydrogen-bond donors (Lipinski definition) is 7. The van der Waals surface area contributed by atoms with Crippen LogP contribution in [0.1, 0.15) is 132 Å². The summed E-state index contributed by atoms with van der Waals surface area (Å²) >= 11 is 0. The number of anilines is 6. The van der Waals surface area contributed by atoms with Crippen LogP contribution in [0.5, 0.6) is 0 Å². The van der Waals surface area contributed by atoms with Gasteiger partial charge >= 0.3 is 6.09 Å². The molecule has 0 bridgehead atoms. The Morgan fingerprint density at radius 2 is 1.21 bits per heavy atom. The van der Waals surface area contributed by atoms with Crippen LogP contribution >= 0.6 is 0 Å². The van der Waals surface area contributed by atoms with E-state index >= 15 is 0 Å². The van der Waals surface area contributed by atoms with Gasteiger partial charge in [-0.05, 0) is 103 Å². The molecule has 490 valence electrons. The van der Waals surface area contributed by atoms with Gasteiger partial charge in [-0.15, -0.1) is 0 Å². The van der Waals surface area contributed by atoms with Gasteiger partial charge < -0.3 is 50.3 Å². The van der Waals surface area contributed by atoms with Gasteiger partial charge in [-0.2, -0.15) is 26.8 Å². The van der Waals surface area contributed by atoms with Gasteiger partial charge in [0.05, 0.1) is 66.2 Å². The topological polar surface area (TPSA) is 369 Å². The predicted octanol–water partition coefficient (Wildman–Crippen LogP) is 6.59. The minimum absolute atomic E-state index is 0.0588. The standard InChI is InChI=1S/C33H45N7O4.C23H27N7O2.2C2H6O4S/c1-7-8-19-43-23(3)28-22(2)26-21-35-31(37-29(26)40(30(28)41)24-11-9-10-12-24)36-27-14-13-25(20-34-27)38-15-17-39(18-16-38)32(42)44-33(4,5)6;1-15(31)19-12-16-13-26-23(28-21(16)30(22(19)32)17-4-2-3-5-17)27-20-7-6-18(14-25-20)29-10-8-24-9-11-29;2*3-1-2-7(4,5)6/h13-14,20-21,24H,3,7-12,15-19H2,1-2,4-6H3,(H,34,35,36,37);6-7,12-14,17,24H,2-5,8-11H2,1H3,(H,25,26,27,28);2*3H,1-2H2,(H,4,5,6). The van der Waals surface area contributed by atoms with Crippen molar-refractivity contribution in [3.63, 3.8) is 0 Å². The average Bonchev–Trinajstić information content (AvgIpc) is 0.997. The van der Waals surface area contributed by atoms with Crippen molar-refractivity contribution in [2.45, 2.75) is 123 Å². The van der Waals surface area contributed by atoms with Crippen molar-refractivity contribution in [3.8, 4) is 0 Å². The molecule has 2 saturated carbocycles. The number of amides is 1. The summed E-state index contributed by atoms with van der Waals surface area (Å²) in [4.78, 5) is 85.4. The molecule has 4 fully saturated rings. The van der Waals surface area contributed by atoms with Gasteiger partial charge in [0.15, 0.2) is 5.78 Å². The number of aliphatic hydroxyl groups is 2. The molecule has 10 rings (SSSR count). The fraction of sp³-hybridized carbons (Fsp3) is 0.533. The molecule has 90 heavy (non-hydrogen) atoms. The molecule has 2 aliphatic heterocycles. The van der Waals surface area contributed by atoms with Crippen molar-refractivity contribution in [1.29, 1.82) is 0 Å². The van der Waals surface area contributed by atoms with E-state index in [1.807, 2.05) is 68.9 Å². The zero-order valence-electron chi connectivity index (χ0n) is 51.9. The van der Waals surface area contributed by atoms with Crippen LogP contribution < -0.4 is 36.9 Å². The molecular formula is C60H84N14O14S2. The molecule has 2 saturated heterocycles. The number of rotatable bonds is 18. The Labute approximate surface area is 523 Å². The number of unbranched alkanes of at least 4 members (excludes halogenated alkanes) is 1. The molecule has 6 aromatic heterocycles. The molecular weight excluding hydrogens is 1200 g/mol. The van der Waals surface area contributed by atoms with Crippen molar-refractivity contribution < 1.29 is 55.2 Å². The molecule has 0 aromatic carbocycles. The third kappa shape index (κ3) is 19.6. The third-order valence-corrected chi connectivity index (χ3v) is 16.6. The quantitative estimate of drug-likeness (QED) is 0.0206. The second-order valence-electron chi connectivity index (χ2n) is 23.1. The second-order valence-corrected chi connectivity index (χ2v) is 26.3. The number of pyridine rings is 4. The smallest absolute Gasteiger partial charge is 0.410 e. The van der Waals surface area contributed by atoms with Crippen molar-refractivity contribution in [2.24, 2.45) is 0 Å². The Kier molecular flexibility index (Phi) is 24.7. The van der Waals surface area contributed by atoms with Gasteiger partial charge in [0.25, 0.3) is 31.4 Å². The van der Waals surface area contributed by atoms with Crippen LogP contribution in [0.3, 0.4) is 0 Å². The first-order valence-electron chi connectivity index (χ1n) is 30.2. The Bertz CT molecular complexity index is 3750. The van der Waals surface area contributed by atoms with Crippen LogP contribution in [0, 0.1) is 6.92 Å². The van der Waals surface area contributed by atoms with E-state index < -0.39 is 50.6 Å². The van der Waals surface area contributed by atoms with Crippen LogP contribution in [-0.2, 0) is 29.7 Å². The molecule has 4 aliphatic rings. The summed E-state index contributed by atoms with van der Waals surface area (Å²) in [5.74, 6) is 1.01. The average molecular weight is 1290 g/mol. The number of Topliss-reactive ketones (excluding diaryl/α,β-unsaturated/α-hetero) is 1. The minimum atomic E-state index is -3.92. The number of nitrogens with one attached hydrogen (secondary N) is 3. The van der Waals surface area contributed by atoms with Crippen LogP contribution in [0.4, 0.5) is 39.7 Å². The number of piperazine rings is 2. The minimum Gasteiger partial charge on any atom is -0.493 e. The van der Waals surface area contributed by atoms with E-state index in [2.05, 4.69) is 64.2 Å². The number of ether oxygens (including phenoxy) is 2. The third-order valence-electron chi connectivity index (χ3n) is 15.2. The molecule has 0 unspecified atom stereocenters. The van der Waals surface area contributed by atoms with Gasteiger partial charge in [-0.3, -0.25) is 32.6 Å². The summed E-state index contributed by atoms with van der Waals surface area (Å²) in [5, 5.41) is 26.9. The second kappa shape index (κ2) is 31.8. The first-order chi connectivity index (χ1) is 42.8. The Balaban J connectivity index is 0.000000217. The Morgan fingerprint density at radius 3 is 1.67 bits per heavy atom. The number of carbonyl (C=O) groups excluding carboxylic acids is 2. The maximum Gasteiger partial charge on any atom is 0.410 e. The van der Waals surface area contributed by atoms with Crippen LogP contribution in [-0.4, -0.2) is 181 Å². The lowest BCUT2D eigenvalue weighted by atomic mass is 10.0. The van der Waals surface area contributed by atoms with E-state index in [0.717, 1.165) is 113 Å². The fourth-order valence-electron chi connectivity index (χ4n) is 10.7. The van der Waals surface area contributed by atoms with Crippen molar-refractivity contribution in [2.75, 3.05) is 104 Å². The van der Waals surface area contributed by atoms with E-state index in [9.17, 15) is 36.0 Å². The molecule has 0 atom stereocenters. The first kappa shape index (κ1) is 69.7. The maximum atomic E-state index is 13.9. The van der Waals surface area contributed by atoms with Crippen LogP contribution in [0.25, 0.3) is 27.8 Å². The zero-order valence-corrected chi connectivity index (χ0v) is 53.6. The maximum absolute atomic E-state index is 13.9. The lowest BCUT2D eigenvalue weighted by Crippen LogP contribution is -2.50. The molecule has 6 aromatic rings. The van der Waals surface area contributed by atoms with Gasteiger partial charge in [-0.1, -0.05) is 45.6 Å². The number of carbonyl (C=O) groups is 2. The number of aryl methyl sites for hydroxylation is 1. The molecule has 8 heterocycles. The van der Waals surface area contributed by atoms with Gasteiger partial charge in [-0.25, -0.2) is 24.7 Å². The highest BCUT2D eigenvalue weighted by atomic mass is 32.2. The first-order valence-corrected chi connectivity index (χ1v) is 33.4. The number of aromatic nitrogens is 8. The Morgan fingerprint density at radius 1 is 0.711 bits per heavy atom. The number of ketones is 1. The molecule has 30 heteroatoms. The van der Waals surface area contributed by atoms with Crippen molar-refractivity contribution in [3.05, 3.63) is 99.1 Å². The van der Waals surface area contributed by atoms with Crippen molar-refractivity contribution in [1.82, 2.24) is 49.3 Å². The molecule has 2 aliphatic carbocycles. The highest BCUT2D eigenvalue weighted by Gasteiger charge is 2.29. The predicted molar refractivity (Wildman–Crippen MR) is 344 cm³/mol. The lowest BCUT2D eigenvalue weighted by Gasteiger charge is -2.36. The van der Waals surface area contributed by atoms with E-state index in [0.29, 0.717) is 84.3 Å². The van der Waals surface area contributed by atoms with Gasteiger partial charge in [0.1, 0.15) is 34.3 Å². The molecule has 1 amide bonds. The molecule has 0 spiro atoms. The summed E-state index contributed by atoms with van der Waals surface area (Å²) in [7, 11) is -7.85. The molecule has 7 N–H and O–H groups in total. The summed E-state index contributed by atoms with van der Waals surface area (Å²) in [6, 6.07) is 9.57. The number of aliphatic hydroxyl groups excluding tert-OH is 2. The number of nitrogens with zero attached hydrogens (tertiary/aromatic N) is 11.